The maximum absolute atomic E-state index is 4.50. The highest BCUT2D eigenvalue weighted by Crippen LogP contribution is 2.12. The predicted molar refractivity (Wildman–Crippen MR) is 85.5 cm³/mol. The molecule has 6 heteroatoms. The molecule has 0 unspecified atom stereocenters. The SMILES string of the molecule is CCNc1cc(NCCCCn2ccnc2)nc(CC)n1. The van der Waals surface area contributed by atoms with Crippen molar-refractivity contribution in [3.63, 3.8) is 0 Å². The lowest BCUT2D eigenvalue weighted by molar-refractivity contribution is 0.620. The molecule has 2 rings (SSSR count). The monoisotopic (exact) mass is 288 g/mol. The zero-order chi connectivity index (χ0) is 14.9. The van der Waals surface area contributed by atoms with Gasteiger partial charge in [-0.1, -0.05) is 6.92 Å². The minimum absolute atomic E-state index is 0.842. The third kappa shape index (κ3) is 5.06. The van der Waals surface area contributed by atoms with Gasteiger partial charge in [-0.25, -0.2) is 15.0 Å². The largest absolute Gasteiger partial charge is 0.370 e. The first kappa shape index (κ1) is 15.3. The van der Waals surface area contributed by atoms with Crippen LogP contribution in [0.15, 0.2) is 24.8 Å². The maximum Gasteiger partial charge on any atom is 0.132 e. The van der Waals surface area contributed by atoms with Crippen molar-refractivity contribution in [2.24, 2.45) is 0 Å². The van der Waals surface area contributed by atoms with E-state index in [0.717, 1.165) is 56.4 Å². The Morgan fingerprint density at radius 2 is 1.90 bits per heavy atom. The molecular formula is C15H24N6. The fourth-order valence-electron chi connectivity index (χ4n) is 2.07. The average molecular weight is 288 g/mol. The van der Waals surface area contributed by atoms with Gasteiger partial charge in [0.1, 0.15) is 17.5 Å². The molecule has 0 saturated heterocycles. The second-order valence-corrected chi connectivity index (χ2v) is 4.87. The third-order valence-electron chi connectivity index (χ3n) is 3.15. The summed E-state index contributed by atoms with van der Waals surface area (Å²) in [7, 11) is 0. The van der Waals surface area contributed by atoms with Gasteiger partial charge in [0.2, 0.25) is 0 Å². The summed E-state index contributed by atoms with van der Waals surface area (Å²) in [5.74, 6) is 2.67. The number of imidazole rings is 1. The van der Waals surface area contributed by atoms with Gasteiger partial charge in [0, 0.05) is 44.5 Å². The van der Waals surface area contributed by atoms with E-state index >= 15 is 0 Å². The Kier molecular flexibility index (Phi) is 5.99. The van der Waals surface area contributed by atoms with Crippen molar-refractivity contribution in [3.05, 3.63) is 30.6 Å². The van der Waals surface area contributed by atoms with Crippen LogP contribution in [0.25, 0.3) is 0 Å². The normalized spacial score (nSPS) is 10.6. The molecule has 0 fully saturated rings. The van der Waals surface area contributed by atoms with Crippen LogP contribution >= 0.6 is 0 Å². The molecule has 0 amide bonds. The van der Waals surface area contributed by atoms with E-state index in [1.807, 2.05) is 24.8 Å². The van der Waals surface area contributed by atoms with Crippen LogP contribution in [0.3, 0.4) is 0 Å². The van der Waals surface area contributed by atoms with Gasteiger partial charge in [-0.3, -0.25) is 0 Å². The van der Waals surface area contributed by atoms with Crippen molar-refractivity contribution < 1.29 is 0 Å². The number of unbranched alkanes of at least 4 members (excludes halogenated alkanes) is 1. The number of nitrogens with zero attached hydrogens (tertiary/aromatic N) is 4. The van der Waals surface area contributed by atoms with E-state index in [2.05, 4.69) is 44.0 Å². The van der Waals surface area contributed by atoms with Crippen molar-refractivity contribution in [3.8, 4) is 0 Å². The summed E-state index contributed by atoms with van der Waals surface area (Å²) in [4.78, 5) is 13.0. The molecule has 0 bridgehead atoms. The van der Waals surface area contributed by atoms with Gasteiger partial charge in [-0.05, 0) is 19.8 Å². The van der Waals surface area contributed by atoms with Crippen LogP contribution in [0.5, 0.6) is 0 Å². The summed E-state index contributed by atoms with van der Waals surface area (Å²) in [6.07, 6.45) is 8.72. The number of anilines is 2. The van der Waals surface area contributed by atoms with Crippen LogP contribution in [-0.2, 0) is 13.0 Å². The Morgan fingerprint density at radius 3 is 2.57 bits per heavy atom. The van der Waals surface area contributed by atoms with E-state index in [4.69, 9.17) is 0 Å². The summed E-state index contributed by atoms with van der Waals surface area (Å²) >= 11 is 0. The Balaban J connectivity index is 1.77. The van der Waals surface area contributed by atoms with Gasteiger partial charge in [0.05, 0.1) is 6.33 Å². The number of aromatic nitrogens is 4. The van der Waals surface area contributed by atoms with Gasteiger partial charge >= 0.3 is 0 Å². The molecule has 6 nitrogen and oxygen atoms in total. The van der Waals surface area contributed by atoms with E-state index in [-0.39, 0.29) is 0 Å². The Labute approximate surface area is 126 Å². The molecule has 2 aromatic rings. The Morgan fingerprint density at radius 1 is 1.10 bits per heavy atom. The van der Waals surface area contributed by atoms with Gasteiger partial charge in [-0.2, -0.15) is 0 Å². The maximum atomic E-state index is 4.50. The second kappa shape index (κ2) is 8.24. The molecule has 2 heterocycles. The molecule has 0 radical (unpaired) electrons. The smallest absolute Gasteiger partial charge is 0.132 e. The molecule has 0 aliphatic rings. The van der Waals surface area contributed by atoms with Crippen LogP contribution in [0, 0.1) is 0 Å². The first-order valence-corrected chi connectivity index (χ1v) is 7.63. The number of nitrogens with one attached hydrogen (secondary N) is 2. The standard InChI is InChI=1S/C15H24N6/c1-3-13-19-14(17-4-2)11-15(20-13)18-7-5-6-9-21-10-8-16-12-21/h8,10-12H,3-7,9H2,1-2H3,(H2,17,18,19,20). The van der Waals surface area contributed by atoms with Crippen molar-refractivity contribution >= 4 is 11.6 Å². The fraction of sp³-hybridized carbons (Fsp3) is 0.533. The lowest BCUT2D eigenvalue weighted by Gasteiger charge is -2.10. The fourth-order valence-corrected chi connectivity index (χ4v) is 2.07. The van der Waals surface area contributed by atoms with E-state index in [1.165, 1.54) is 0 Å². The number of aryl methyl sites for hydroxylation is 2. The molecule has 0 atom stereocenters. The lowest BCUT2D eigenvalue weighted by Crippen LogP contribution is -2.09. The highest BCUT2D eigenvalue weighted by atomic mass is 15.1. The average Bonchev–Trinajstić information content (AvgIpc) is 3.00. The molecule has 0 aliphatic carbocycles. The van der Waals surface area contributed by atoms with E-state index < -0.39 is 0 Å². The van der Waals surface area contributed by atoms with Gasteiger partial charge < -0.3 is 15.2 Å². The van der Waals surface area contributed by atoms with Crippen LogP contribution in [0.1, 0.15) is 32.5 Å². The van der Waals surface area contributed by atoms with Crippen molar-refractivity contribution in [2.75, 3.05) is 23.7 Å². The zero-order valence-corrected chi connectivity index (χ0v) is 12.8. The van der Waals surface area contributed by atoms with Crippen molar-refractivity contribution in [2.45, 2.75) is 39.7 Å². The molecule has 21 heavy (non-hydrogen) atoms. The molecule has 0 aliphatic heterocycles. The summed E-state index contributed by atoms with van der Waals surface area (Å²) < 4.78 is 2.10. The highest BCUT2D eigenvalue weighted by molar-refractivity contribution is 5.47. The van der Waals surface area contributed by atoms with Gasteiger partial charge in [-0.15, -0.1) is 0 Å². The van der Waals surface area contributed by atoms with Crippen LogP contribution < -0.4 is 10.6 Å². The number of hydrogen-bond acceptors (Lipinski definition) is 5. The highest BCUT2D eigenvalue weighted by Gasteiger charge is 2.02. The number of hydrogen-bond donors (Lipinski definition) is 2. The van der Waals surface area contributed by atoms with Crippen LogP contribution in [-0.4, -0.2) is 32.6 Å². The first-order valence-electron chi connectivity index (χ1n) is 7.63. The van der Waals surface area contributed by atoms with Crippen molar-refractivity contribution in [1.82, 2.24) is 19.5 Å². The molecule has 0 aromatic carbocycles. The van der Waals surface area contributed by atoms with Gasteiger partial charge in [0.15, 0.2) is 0 Å². The quantitative estimate of drug-likeness (QED) is 0.694. The Bertz CT molecular complexity index is 523. The summed E-state index contributed by atoms with van der Waals surface area (Å²) in [6.45, 7) is 6.93. The second-order valence-electron chi connectivity index (χ2n) is 4.87. The molecule has 114 valence electrons. The molecule has 2 aromatic heterocycles. The molecule has 0 saturated carbocycles. The zero-order valence-electron chi connectivity index (χ0n) is 12.8. The van der Waals surface area contributed by atoms with E-state index in [9.17, 15) is 0 Å². The van der Waals surface area contributed by atoms with Crippen molar-refractivity contribution in [1.29, 1.82) is 0 Å². The minimum atomic E-state index is 0.842. The first-order chi connectivity index (χ1) is 10.3. The van der Waals surface area contributed by atoms with Gasteiger partial charge in [0.25, 0.3) is 0 Å². The predicted octanol–water partition coefficient (Wildman–Crippen LogP) is 2.56. The number of rotatable bonds is 9. The molecule has 0 spiro atoms. The summed E-state index contributed by atoms with van der Waals surface area (Å²) in [6, 6.07) is 1.97. The Hall–Kier alpha value is -2.11. The van der Waals surface area contributed by atoms with E-state index in [1.54, 1.807) is 0 Å². The lowest BCUT2D eigenvalue weighted by atomic mass is 10.3. The third-order valence-corrected chi connectivity index (χ3v) is 3.15. The van der Waals surface area contributed by atoms with Crippen LogP contribution in [0.4, 0.5) is 11.6 Å². The summed E-state index contributed by atoms with van der Waals surface area (Å²) in [5.41, 5.74) is 0. The summed E-state index contributed by atoms with van der Waals surface area (Å²) in [5, 5.41) is 6.62. The molecule has 2 N–H and O–H groups in total. The topological polar surface area (TPSA) is 67.7 Å². The van der Waals surface area contributed by atoms with E-state index in [0.29, 0.717) is 0 Å². The van der Waals surface area contributed by atoms with Crippen LogP contribution in [0.2, 0.25) is 0 Å². The molecular weight excluding hydrogens is 264 g/mol. The minimum Gasteiger partial charge on any atom is -0.370 e.